The van der Waals surface area contributed by atoms with Gasteiger partial charge < -0.3 is 14.2 Å². The lowest BCUT2D eigenvalue weighted by Crippen LogP contribution is -2.23. The van der Waals surface area contributed by atoms with Gasteiger partial charge in [0.05, 0.1) is 18.8 Å². The van der Waals surface area contributed by atoms with Crippen LogP contribution in [0.25, 0.3) is 0 Å². The van der Waals surface area contributed by atoms with Crippen LogP contribution in [0.5, 0.6) is 0 Å². The molecule has 110 valence electrons. The Morgan fingerprint density at radius 1 is 1.21 bits per heavy atom. The van der Waals surface area contributed by atoms with Gasteiger partial charge in [0.2, 0.25) is 6.29 Å². The molecule has 0 saturated heterocycles. The minimum atomic E-state index is -0.646. The van der Waals surface area contributed by atoms with Gasteiger partial charge in [-0.25, -0.2) is 4.79 Å². The van der Waals surface area contributed by atoms with Gasteiger partial charge in [-0.1, -0.05) is 33.8 Å². The van der Waals surface area contributed by atoms with E-state index >= 15 is 0 Å². The maximum atomic E-state index is 11.5. The third-order valence-electron chi connectivity index (χ3n) is 2.35. The first-order chi connectivity index (χ1) is 9.04. The number of ether oxygens (including phenoxy) is 3. The van der Waals surface area contributed by atoms with Gasteiger partial charge in [0.15, 0.2) is 0 Å². The smallest absolute Gasteiger partial charge is 0.335 e. The van der Waals surface area contributed by atoms with Crippen LogP contribution in [0, 0.1) is 0 Å². The molecule has 0 aliphatic heterocycles. The third kappa shape index (κ3) is 8.37. The van der Waals surface area contributed by atoms with E-state index in [1.54, 1.807) is 6.92 Å². The molecule has 0 aromatic rings. The second kappa shape index (κ2) is 10.6. The van der Waals surface area contributed by atoms with Crippen LogP contribution in [0.3, 0.4) is 0 Å². The quantitative estimate of drug-likeness (QED) is 0.265. The lowest BCUT2D eigenvalue weighted by molar-refractivity contribution is -0.177. The Morgan fingerprint density at radius 2 is 1.89 bits per heavy atom. The summed E-state index contributed by atoms with van der Waals surface area (Å²) in [6.07, 6.45) is 1.95. The van der Waals surface area contributed by atoms with Crippen molar-refractivity contribution < 1.29 is 23.8 Å². The summed E-state index contributed by atoms with van der Waals surface area (Å²) in [5.74, 6) is -0.798. The van der Waals surface area contributed by atoms with Crippen molar-refractivity contribution in [3.8, 4) is 0 Å². The summed E-state index contributed by atoms with van der Waals surface area (Å²) in [4.78, 5) is 22.6. The Bertz CT molecular complexity index is 298. The average Bonchev–Trinajstić information content (AvgIpc) is 2.42. The largest absolute Gasteiger partial charge is 0.462 e. The van der Waals surface area contributed by atoms with Crippen LogP contribution in [0.2, 0.25) is 0 Å². The van der Waals surface area contributed by atoms with Crippen molar-refractivity contribution in [3.63, 3.8) is 0 Å². The number of hydrogen-bond donors (Lipinski definition) is 0. The Balaban J connectivity index is 3.97. The number of hydrogen-bond acceptors (Lipinski definition) is 5. The van der Waals surface area contributed by atoms with E-state index < -0.39 is 12.3 Å². The molecule has 0 spiro atoms. The fraction of sp³-hybridized carbons (Fsp3) is 0.714. The van der Waals surface area contributed by atoms with Crippen molar-refractivity contribution in [2.24, 2.45) is 0 Å². The van der Waals surface area contributed by atoms with Crippen LogP contribution in [-0.4, -0.2) is 31.4 Å². The van der Waals surface area contributed by atoms with Crippen LogP contribution in [-0.2, 0) is 23.8 Å². The summed E-state index contributed by atoms with van der Waals surface area (Å²) >= 11 is 0. The van der Waals surface area contributed by atoms with Crippen LogP contribution in [0.1, 0.15) is 46.5 Å². The lowest BCUT2D eigenvalue weighted by atomic mass is 10.3. The molecule has 0 N–H and O–H groups in total. The highest BCUT2D eigenvalue weighted by Crippen LogP contribution is 2.06. The molecule has 5 nitrogen and oxygen atoms in total. The summed E-state index contributed by atoms with van der Waals surface area (Å²) in [5, 5.41) is 0. The third-order valence-corrected chi connectivity index (χ3v) is 2.35. The standard InChI is InChI=1S/C14H24O5/c1-5-8-9-17-14(16)11(4)10-18-13(7-3)19-12(15)6-2/h13H,4-10H2,1-3H3. The SMILES string of the molecule is C=C(COC(CC)OC(=O)CC)C(=O)OCCCC. The van der Waals surface area contributed by atoms with Crippen LogP contribution in [0.15, 0.2) is 12.2 Å². The summed E-state index contributed by atoms with van der Waals surface area (Å²) in [5.41, 5.74) is 0.224. The zero-order valence-electron chi connectivity index (χ0n) is 12.1. The molecule has 0 radical (unpaired) electrons. The van der Waals surface area contributed by atoms with E-state index in [2.05, 4.69) is 6.58 Å². The highest BCUT2D eigenvalue weighted by atomic mass is 16.7. The molecule has 1 unspecified atom stereocenters. The van der Waals surface area contributed by atoms with E-state index in [-0.39, 0.29) is 18.1 Å². The van der Waals surface area contributed by atoms with Crippen LogP contribution >= 0.6 is 0 Å². The molecule has 0 aromatic heterocycles. The predicted octanol–water partition coefficient (Wildman–Crippen LogP) is 2.59. The highest BCUT2D eigenvalue weighted by molar-refractivity contribution is 5.87. The van der Waals surface area contributed by atoms with Crippen LogP contribution in [0.4, 0.5) is 0 Å². The molecule has 5 heteroatoms. The molecule has 0 rings (SSSR count). The summed E-state index contributed by atoms with van der Waals surface area (Å²) in [6.45, 7) is 9.53. The second-order valence-electron chi connectivity index (χ2n) is 4.09. The summed E-state index contributed by atoms with van der Waals surface area (Å²) in [7, 11) is 0. The molecule has 0 saturated carbocycles. The van der Waals surface area contributed by atoms with E-state index in [0.29, 0.717) is 19.4 Å². The minimum absolute atomic E-state index is 0.000456. The fourth-order valence-electron chi connectivity index (χ4n) is 1.13. The number of carbonyl (C=O) groups excluding carboxylic acids is 2. The molecule has 0 fully saturated rings. The average molecular weight is 272 g/mol. The van der Waals surface area contributed by atoms with Crippen molar-refractivity contribution in [1.29, 1.82) is 0 Å². The lowest BCUT2D eigenvalue weighted by Gasteiger charge is -2.16. The van der Waals surface area contributed by atoms with Gasteiger partial charge in [0.1, 0.15) is 0 Å². The molecule has 0 aliphatic carbocycles. The van der Waals surface area contributed by atoms with E-state index in [0.717, 1.165) is 12.8 Å². The number of unbranched alkanes of at least 4 members (excludes halogenated alkanes) is 1. The van der Waals surface area contributed by atoms with E-state index in [1.807, 2.05) is 13.8 Å². The van der Waals surface area contributed by atoms with E-state index in [9.17, 15) is 9.59 Å². The molecular weight excluding hydrogens is 248 g/mol. The topological polar surface area (TPSA) is 61.8 Å². The van der Waals surface area contributed by atoms with Gasteiger partial charge in [-0.2, -0.15) is 0 Å². The molecule has 1 atom stereocenters. The first-order valence-electron chi connectivity index (χ1n) is 6.71. The second-order valence-corrected chi connectivity index (χ2v) is 4.09. The Kier molecular flexibility index (Phi) is 9.80. The number of carbonyl (C=O) groups is 2. The van der Waals surface area contributed by atoms with Crippen molar-refractivity contribution in [2.75, 3.05) is 13.2 Å². The first kappa shape index (κ1) is 17.6. The summed E-state index contributed by atoms with van der Waals surface area (Å²) in [6, 6.07) is 0. The molecule has 0 aliphatic rings. The normalized spacial score (nSPS) is 11.7. The van der Waals surface area contributed by atoms with Gasteiger partial charge in [0.25, 0.3) is 0 Å². The summed E-state index contributed by atoms with van der Waals surface area (Å²) < 4.78 is 15.3. The van der Waals surface area contributed by atoms with E-state index in [1.165, 1.54) is 0 Å². The van der Waals surface area contributed by atoms with Crippen molar-refractivity contribution in [2.45, 2.75) is 52.7 Å². The molecular formula is C14H24O5. The molecule has 0 amide bonds. The van der Waals surface area contributed by atoms with Gasteiger partial charge >= 0.3 is 11.9 Å². The minimum Gasteiger partial charge on any atom is -0.462 e. The zero-order valence-corrected chi connectivity index (χ0v) is 12.1. The maximum absolute atomic E-state index is 11.5. The fourth-order valence-corrected chi connectivity index (χ4v) is 1.13. The van der Waals surface area contributed by atoms with Gasteiger partial charge in [-0.15, -0.1) is 0 Å². The van der Waals surface area contributed by atoms with Gasteiger partial charge in [-0.05, 0) is 6.42 Å². The molecule has 0 bridgehead atoms. The predicted molar refractivity (Wildman–Crippen MR) is 71.4 cm³/mol. The monoisotopic (exact) mass is 272 g/mol. The molecule has 0 heterocycles. The first-order valence-corrected chi connectivity index (χ1v) is 6.71. The van der Waals surface area contributed by atoms with Crippen molar-refractivity contribution >= 4 is 11.9 Å². The number of rotatable bonds is 10. The Morgan fingerprint density at radius 3 is 2.42 bits per heavy atom. The van der Waals surface area contributed by atoms with Crippen molar-refractivity contribution in [3.05, 3.63) is 12.2 Å². The molecule has 19 heavy (non-hydrogen) atoms. The maximum Gasteiger partial charge on any atom is 0.335 e. The van der Waals surface area contributed by atoms with Gasteiger partial charge in [0, 0.05) is 12.8 Å². The van der Waals surface area contributed by atoms with E-state index in [4.69, 9.17) is 14.2 Å². The van der Waals surface area contributed by atoms with Crippen molar-refractivity contribution in [1.82, 2.24) is 0 Å². The van der Waals surface area contributed by atoms with Crippen LogP contribution < -0.4 is 0 Å². The highest BCUT2D eigenvalue weighted by Gasteiger charge is 2.15. The Labute approximate surface area is 114 Å². The molecule has 0 aromatic carbocycles. The Hall–Kier alpha value is -1.36. The zero-order chi connectivity index (χ0) is 14.7. The van der Waals surface area contributed by atoms with Gasteiger partial charge in [-0.3, -0.25) is 4.79 Å². The number of esters is 2.